The second-order valence-electron chi connectivity index (χ2n) is 5.03. The van der Waals surface area contributed by atoms with Gasteiger partial charge in [-0.25, -0.2) is 0 Å². The zero-order valence-corrected chi connectivity index (χ0v) is 12.6. The number of likely N-dealkylation sites (N-methyl/N-ethyl adjacent to an activating group) is 1. The molecule has 0 spiro atoms. The maximum Gasteiger partial charge on any atom is 0.0623 e. The van der Waals surface area contributed by atoms with Gasteiger partial charge < -0.3 is 15.0 Å². The summed E-state index contributed by atoms with van der Waals surface area (Å²) in [5.41, 5.74) is 0. The lowest BCUT2D eigenvalue weighted by molar-refractivity contribution is 0.163. The van der Waals surface area contributed by atoms with Crippen LogP contribution in [0, 0.1) is 5.92 Å². The van der Waals surface area contributed by atoms with E-state index in [0.717, 1.165) is 26.3 Å². The number of nitrogens with one attached hydrogen (secondary N) is 1. The lowest BCUT2D eigenvalue weighted by Crippen LogP contribution is -2.43. The number of rotatable bonds is 8. The molecule has 1 aliphatic rings. The highest BCUT2D eigenvalue weighted by Crippen LogP contribution is 2.17. The molecule has 102 valence electrons. The van der Waals surface area contributed by atoms with E-state index in [2.05, 4.69) is 37.4 Å². The zero-order chi connectivity index (χ0) is 12.7. The Balaban J connectivity index is 2.31. The Morgan fingerprint density at radius 1 is 1.47 bits per heavy atom. The summed E-state index contributed by atoms with van der Waals surface area (Å²) in [7, 11) is 2.24. The van der Waals surface area contributed by atoms with Crippen LogP contribution in [0.1, 0.15) is 20.3 Å². The number of hydrogen-bond acceptors (Lipinski definition) is 4. The molecule has 1 saturated heterocycles. The van der Waals surface area contributed by atoms with Crippen molar-refractivity contribution in [2.24, 2.45) is 5.92 Å². The minimum Gasteiger partial charge on any atom is -0.379 e. The summed E-state index contributed by atoms with van der Waals surface area (Å²) in [5.74, 6) is 1.90. The molecule has 0 aromatic carbocycles. The van der Waals surface area contributed by atoms with Crippen molar-refractivity contribution in [1.29, 1.82) is 0 Å². The third kappa shape index (κ3) is 5.16. The van der Waals surface area contributed by atoms with Gasteiger partial charge in [0.25, 0.3) is 0 Å². The second-order valence-corrected chi connectivity index (χ2v) is 6.02. The summed E-state index contributed by atoms with van der Waals surface area (Å²) >= 11 is 1.94. The van der Waals surface area contributed by atoms with Crippen molar-refractivity contribution in [3.05, 3.63) is 0 Å². The van der Waals surface area contributed by atoms with Crippen molar-refractivity contribution < 1.29 is 4.74 Å². The van der Waals surface area contributed by atoms with Crippen molar-refractivity contribution in [2.45, 2.75) is 32.4 Å². The third-order valence-electron chi connectivity index (χ3n) is 3.68. The Bertz CT molecular complexity index is 204. The SMILES string of the molecule is CCNC1COCC1CN(C)C(C)CCSC. The lowest BCUT2D eigenvalue weighted by Gasteiger charge is -2.29. The fourth-order valence-electron chi connectivity index (χ4n) is 2.32. The van der Waals surface area contributed by atoms with Gasteiger partial charge in [0.05, 0.1) is 13.2 Å². The fourth-order valence-corrected chi connectivity index (χ4v) is 2.90. The molecule has 0 saturated carbocycles. The fraction of sp³-hybridized carbons (Fsp3) is 1.00. The van der Waals surface area contributed by atoms with Gasteiger partial charge in [0.2, 0.25) is 0 Å². The first-order chi connectivity index (χ1) is 8.19. The van der Waals surface area contributed by atoms with Crippen LogP contribution in [0.3, 0.4) is 0 Å². The van der Waals surface area contributed by atoms with Crippen molar-refractivity contribution in [3.8, 4) is 0 Å². The summed E-state index contributed by atoms with van der Waals surface area (Å²) in [5, 5.41) is 3.53. The Morgan fingerprint density at radius 3 is 2.88 bits per heavy atom. The van der Waals surface area contributed by atoms with Gasteiger partial charge in [-0.05, 0) is 38.9 Å². The van der Waals surface area contributed by atoms with Gasteiger partial charge in [0, 0.05) is 24.5 Å². The van der Waals surface area contributed by atoms with Crippen LogP contribution in [0.15, 0.2) is 0 Å². The van der Waals surface area contributed by atoms with Crippen LogP contribution >= 0.6 is 11.8 Å². The molecule has 3 nitrogen and oxygen atoms in total. The number of ether oxygens (including phenoxy) is 1. The van der Waals surface area contributed by atoms with Crippen molar-refractivity contribution in [1.82, 2.24) is 10.2 Å². The molecular formula is C13H28N2OS. The molecule has 0 aromatic rings. The minimum atomic E-state index is 0.551. The topological polar surface area (TPSA) is 24.5 Å². The largest absolute Gasteiger partial charge is 0.379 e. The number of nitrogens with zero attached hydrogens (tertiary/aromatic N) is 1. The molecule has 1 rings (SSSR count). The Morgan fingerprint density at radius 2 is 2.24 bits per heavy atom. The summed E-state index contributed by atoms with van der Waals surface area (Å²) in [6, 6.07) is 1.22. The van der Waals surface area contributed by atoms with Crippen LogP contribution in [0.25, 0.3) is 0 Å². The van der Waals surface area contributed by atoms with E-state index in [0.29, 0.717) is 18.0 Å². The molecule has 0 aliphatic carbocycles. The van der Waals surface area contributed by atoms with Crippen LogP contribution in [0.4, 0.5) is 0 Å². The van der Waals surface area contributed by atoms with Crippen molar-refractivity contribution in [2.75, 3.05) is 45.4 Å². The van der Waals surface area contributed by atoms with E-state index in [1.165, 1.54) is 12.2 Å². The van der Waals surface area contributed by atoms with Gasteiger partial charge in [-0.1, -0.05) is 6.92 Å². The van der Waals surface area contributed by atoms with Gasteiger partial charge in [-0.15, -0.1) is 0 Å². The average molecular weight is 260 g/mol. The molecule has 1 aliphatic heterocycles. The van der Waals surface area contributed by atoms with E-state index in [1.54, 1.807) is 0 Å². The molecule has 17 heavy (non-hydrogen) atoms. The molecule has 1 N–H and O–H groups in total. The highest BCUT2D eigenvalue weighted by atomic mass is 32.2. The van der Waals surface area contributed by atoms with E-state index in [9.17, 15) is 0 Å². The number of thioether (sulfide) groups is 1. The van der Waals surface area contributed by atoms with Gasteiger partial charge in [0.15, 0.2) is 0 Å². The first-order valence-corrected chi connectivity index (χ1v) is 8.08. The first-order valence-electron chi connectivity index (χ1n) is 6.69. The third-order valence-corrected chi connectivity index (χ3v) is 4.32. The Kier molecular flexibility index (Phi) is 7.51. The van der Waals surface area contributed by atoms with Crippen LogP contribution in [-0.2, 0) is 4.74 Å². The highest BCUT2D eigenvalue weighted by Gasteiger charge is 2.29. The summed E-state index contributed by atoms with van der Waals surface area (Å²) < 4.78 is 5.59. The maximum atomic E-state index is 5.59. The van der Waals surface area contributed by atoms with Crippen LogP contribution < -0.4 is 5.32 Å². The molecule has 0 radical (unpaired) electrons. The molecule has 0 amide bonds. The van der Waals surface area contributed by atoms with Crippen LogP contribution in [-0.4, -0.2) is 62.3 Å². The first kappa shape index (κ1) is 15.3. The van der Waals surface area contributed by atoms with Gasteiger partial charge in [-0.2, -0.15) is 11.8 Å². The average Bonchev–Trinajstić information content (AvgIpc) is 2.74. The van der Waals surface area contributed by atoms with Gasteiger partial charge in [-0.3, -0.25) is 0 Å². The summed E-state index contributed by atoms with van der Waals surface area (Å²) in [6.07, 6.45) is 3.45. The second kappa shape index (κ2) is 8.35. The normalized spacial score (nSPS) is 26.6. The lowest BCUT2D eigenvalue weighted by atomic mass is 10.0. The quantitative estimate of drug-likeness (QED) is 0.718. The highest BCUT2D eigenvalue weighted by molar-refractivity contribution is 7.98. The van der Waals surface area contributed by atoms with Gasteiger partial charge >= 0.3 is 0 Å². The molecule has 1 heterocycles. The molecule has 4 heteroatoms. The maximum absolute atomic E-state index is 5.59. The molecule has 0 bridgehead atoms. The van der Waals surface area contributed by atoms with Gasteiger partial charge in [0.1, 0.15) is 0 Å². The van der Waals surface area contributed by atoms with Crippen LogP contribution in [0.2, 0.25) is 0 Å². The van der Waals surface area contributed by atoms with Crippen LogP contribution in [0.5, 0.6) is 0 Å². The smallest absolute Gasteiger partial charge is 0.0623 e. The number of hydrogen-bond donors (Lipinski definition) is 1. The standard InChI is InChI=1S/C13H28N2OS/c1-5-14-13-10-16-9-12(13)8-15(3)11(2)6-7-17-4/h11-14H,5-10H2,1-4H3. The van der Waals surface area contributed by atoms with E-state index in [1.807, 2.05) is 11.8 Å². The van der Waals surface area contributed by atoms with E-state index < -0.39 is 0 Å². The molecular weight excluding hydrogens is 232 g/mol. The van der Waals surface area contributed by atoms with E-state index in [4.69, 9.17) is 4.74 Å². The Labute approximate surface area is 111 Å². The molecule has 3 unspecified atom stereocenters. The molecule has 0 aromatic heterocycles. The monoisotopic (exact) mass is 260 g/mol. The summed E-state index contributed by atoms with van der Waals surface area (Å²) in [4.78, 5) is 2.49. The van der Waals surface area contributed by atoms with E-state index in [-0.39, 0.29) is 0 Å². The van der Waals surface area contributed by atoms with E-state index >= 15 is 0 Å². The van der Waals surface area contributed by atoms with Crippen molar-refractivity contribution in [3.63, 3.8) is 0 Å². The minimum absolute atomic E-state index is 0.551. The predicted molar refractivity (Wildman–Crippen MR) is 76.9 cm³/mol. The van der Waals surface area contributed by atoms with Crippen molar-refractivity contribution >= 4 is 11.8 Å². The molecule has 3 atom stereocenters. The Hall–Kier alpha value is 0.230. The zero-order valence-electron chi connectivity index (χ0n) is 11.7. The molecule has 1 fully saturated rings. The predicted octanol–water partition coefficient (Wildman–Crippen LogP) is 1.68. The summed E-state index contributed by atoms with van der Waals surface area (Å²) in [6.45, 7) is 8.47.